The van der Waals surface area contributed by atoms with Gasteiger partial charge in [-0.2, -0.15) is 0 Å². The standard InChI is InChI=1S/C17H19ClN4O2/c1-11-19-14(10-16(20-11)22-7-3-4-8-22)17(23)21-12-5-6-15(24-2)13(18)9-12/h5-6,9-10H,3-4,7-8H2,1-2H3,(H,21,23). The number of halogens is 1. The number of rotatable bonds is 4. The van der Waals surface area contributed by atoms with Crippen molar-refractivity contribution in [1.82, 2.24) is 9.97 Å². The Morgan fingerprint density at radius 1 is 1.25 bits per heavy atom. The molecule has 0 saturated carbocycles. The topological polar surface area (TPSA) is 67.3 Å². The van der Waals surface area contributed by atoms with Crippen LogP contribution in [0.5, 0.6) is 5.75 Å². The van der Waals surface area contributed by atoms with Crippen LogP contribution in [0.2, 0.25) is 5.02 Å². The van der Waals surface area contributed by atoms with E-state index < -0.39 is 0 Å². The summed E-state index contributed by atoms with van der Waals surface area (Å²) in [5, 5.41) is 3.24. The fourth-order valence-electron chi connectivity index (χ4n) is 2.72. The minimum absolute atomic E-state index is 0.290. The number of aromatic nitrogens is 2. The maximum absolute atomic E-state index is 12.5. The van der Waals surface area contributed by atoms with Crippen molar-refractivity contribution in [2.24, 2.45) is 0 Å². The summed E-state index contributed by atoms with van der Waals surface area (Å²) < 4.78 is 5.11. The van der Waals surface area contributed by atoms with E-state index in [1.54, 1.807) is 38.3 Å². The molecule has 24 heavy (non-hydrogen) atoms. The molecule has 1 aliphatic heterocycles. The summed E-state index contributed by atoms with van der Waals surface area (Å²) in [4.78, 5) is 23.4. The van der Waals surface area contributed by atoms with Gasteiger partial charge in [-0.3, -0.25) is 4.79 Å². The van der Waals surface area contributed by atoms with Gasteiger partial charge in [-0.05, 0) is 38.0 Å². The second-order valence-corrected chi connectivity index (χ2v) is 6.06. The number of aryl methyl sites for hydroxylation is 1. The number of carbonyl (C=O) groups is 1. The molecule has 2 aromatic rings. The van der Waals surface area contributed by atoms with Crippen molar-refractivity contribution in [2.75, 3.05) is 30.4 Å². The molecule has 2 heterocycles. The molecule has 0 aliphatic carbocycles. The van der Waals surface area contributed by atoms with Gasteiger partial charge >= 0.3 is 0 Å². The van der Waals surface area contributed by atoms with Gasteiger partial charge in [-0.15, -0.1) is 0 Å². The van der Waals surface area contributed by atoms with E-state index in [9.17, 15) is 4.79 Å². The first-order valence-corrected chi connectivity index (χ1v) is 8.20. The third kappa shape index (κ3) is 3.59. The third-order valence-electron chi connectivity index (χ3n) is 3.90. The average molecular weight is 347 g/mol. The van der Waals surface area contributed by atoms with Gasteiger partial charge in [-0.1, -0.05) is 11.6 Å². The molecule has 7 heteroatoms. The number of nitrogens with one attached hydrogen (secondary N) is 1. The lowest BCUT2D eigenvalue weighted by Crippen LogP contribution is -2.22. The normalized spacial score (nSPS) is 13.9. The highest BCUT2D eigenvalue weighted by Crippen LogP contribution is 2.27. The molecule has 0 unspecified atom stereocenters. The van der Waals surface area contributed by atoms with E-state index in [-0.39, 0.29) is 5.91 Å². The van der Waals surface area contributed by atoms with Crippen molar-refractivity contribution in [3.63, 3.8) is 0 Å². The van der Waals surface area contributed by atoms with Crippen LogP contribution in [0.3, 0.4) is 0 Å². The highest BCUT2D eigenvalue weighted by atomic mass is 35.5. The predicted molar refractivity (Wildman–Crippen MR) is 94.2 cm³/mol. The Balaban J connectivity index is 1.80. The van der Waals surface area contributed by atoms with Crippen molar-refractivity contribution in [3.8, 4) is 5.75 Å². The van der Waals surface area contributed by atoms with E-state index in [2.05, 4.69) is 20.2 Å². The summed E-state index contributed by atoms with van der Waals surface area (Å²) >= 11 is 6.09. The van der Waals surface area contributed by atoms with Gasteiger partial charge in [-0.25, -0.2) is 9.97 Å². The second-order valence-electron chi connectivity index (χ2n) is 5.66. The zero-order valence-corrected chi connectivity index (χ0v) is 14.4. The van der Waals surface area contributed by atoms with E-state index in [0.29, 0.717) is 28.0 Å². The first-order chi connectivity index (χ1) is 11.6. The first kappa shape index (κ1) is 16.5. The SMILES string of the molecule is COc1ccc(NC(=O)c2cc(N3CCCC3)nc(C)n2)cc1Cl. The van der Waals surface area contributed by atoms with Crippen LogP contribution >= 0.6 is 11.6 Å². The Kier molecular flexibility index (Phi) is 4.85. The quantitative estimate of drug-likeness (QED) is 0.920. The van der Waals surface area contributed by atoms with Crippen molar-refractivity contribution in [2.45, 2.75) is 19.8 Å². The molecule has 1 saturated heterocycles. The molecule has 0 bridgehead atoms. The van der Waals surface area contributed by atoms with Crippen LogP contribution < -0.4 is 15.0 Å². The van der Waals surface area contributed by atoms with Gasteiger partial charge in [0.25, 0.3) is 5.91 Å². The van der Waals surface area contributed by atoms with E-state index in [1.165, 1.54) is 0 Å². The fraction of sp³-hybridized carbons (Fsp3) is 0.353. The lowest BCUT2D eigenvalue weighted by Gasteiger charge is -2.17. The number of ether oxygens (including phenoxy) is 1. The van der Waals surface area contributed by atoms with E-state index in [0.717, 1.165) is 31.7 Å². The van der Waals surface area contributed by atoms with Crippen LogP contribution in [0.25, 0.3) is 0 Å². The number of carbonyl (C=O) groups excluding carboxylic acids is 1. The van der Waals surface area contributed by atoms with Gasteiger partial charge in [0.05, 0.1) is 12.1 Å². The average Bonchev–Trinajstić information content (AvgIpc) is 3.09. The molecule has 0 radical (unpaired) electrons. The van der Waals surface area contributed by atoms with Crippen LogP contribution in [0, 0.1) is 6.92 Å². The predicted octanol–water partition coefficient (Wildman–Crippen LogP) is 3.30. The van der Waals surface area contributed by atoms with Gasteiger partial charge in [0.1, 0.15) is 23.1 Å². The number of nitrogens with zero attached hydrogens (tertiary/aromatic N) is 3. The summed E-state index contributed by atoms with van der Waals surface area (Å²) in [5.74, 6) is 1.65. The van der Waals surface area contributed by atoms with Crippen LogP contribution in [0.4, 0.5) is 11.5 Å². The monoisotopic (exact) mass is 346 g/mol. The maximum atomic E-state index is 12.5. The number of anilines is 2. The fourth-order valence-corrected chi connectivity index (χ4v) is 2.97. The molecular formula is C17H19ClN4O2. The number of benzene rings is 1. The molecule has 1 aliphatic rings. The van der Waals surface area contributed by atoms with E-state index in [1.807, 2.05) is 0 Å². The van der Waals surface area contributed by atoms with Gasteiger partial charge in [0.15, 0.2) is 0 Å². The summed E-state index contributed by atoms with van der Waals surface area (Å²) in [6.07, 6.45) is 2.30. The number of hydrogen-bond donors (Lipinski definition) is 1. The van der Waals surface area contributed by atoms with Gasteiger partial charge in [0.2, 0.25) is 0 Å². The molecule has 0 atom stereocenters. The molecule has 1 aromatic heterocycles. The van der Waals surface area contributed by atoms with Crippen molar-refractivity contribution in [1.29, 1.82) is 0 Å². The molecule has 0 spiro atoms. The van der Waals surface area contributed by atoms with Crippen LogP contribution in [0.1, 0.15) is 29.2 Å². The molecule has 1 aromatic carbocycles. The lowest BCUT2D eigenvalue weighted by atomic mass is 10.2. The van der Waals surface area contributed by atoms with Crippen molar-refractivity contribution >= 4 is 29.0 Å². The highest BCUT2D eigenvalue weighted by Gasteiger charge is 2.17. The van der Waals surface area contributed by atoms with E-state index in [4.69, 9.17) is 16.3 Å². The first-order valence-electron chi connectivity index (χ1n) is 7.82. The summed E-state index contributed by atoms with van der Waals surface area (Å²) in [7, 11) is 1.54. The molecule has 1 amide bonds. The van der Waals surface area contributed by atoms with Crippen molar-refractivity contribution in [3.05, 3.63) is 40.8 Å². The molecule has 3 rings (SSSR count). The van der Waals surface area contributed by atoms with Gasteiger partial charge in [0, 0.05) is 24.8 Å². The minimum Gasteiger partial charge on any atom is -0.495 e. The van der Waals surface area contributed by atoms with E-state index >= 15 is 0 Å². The minimum atomic E-state index is -0.290. The van der Waals surface area contributed by atoms with Gasteiger partial charge < -0.3 is 15.0 Å². The lowest BCUT2D eigenvalue weighted by molar-refractivity contribution is 0.102. The largest absolute Gasteiger partial charge is 0.495 e. The Labute approximate surface area is 145 Å². The Morgan fingerprint density at radius 3 is 2.67 bits per heavy atom. The molecule has 1 fully saturated rings. The maximum Gasteiger partial charge on any atom is 0.274 e. The number of hydrogen-bond acceptors (Lipinski definition) is 5. The Morgan fingerprint density at radius 2 is 2.00 bits per heavy atom. The number of methoxy groups -OCH3 is 1. The van der Waals surface area contributed by atoms with Crippen LogP contribution in [-0.4, -0.2) is 36.1 Å². The zero-order valence-electron chi connectivity index (χ0n) is 13.7. The molecule has 126 valence electrons. The highest BCUT2D eigenvalue weighted by molar-refractivity contribution is 6.32. The Bertz CT molecular complexity index is 760. The van der Waals surface area contributed by atoms with Crippen LogP contribution in [0.15, 0.2) is 24.3 Å². The second kappa shape index (κ2) is 7.05. The smallest absolute Gasteiger partial charge is 0.274 e. The summed E-state index contributed by atoms with van der Waals surface area (Å²) in [5.41, 5.74) is 0.932. The molecular weight excluding hydrogens is 328 g/mol. The summed E-state index contributed by atoms with van der Waals surface area (Å²) in [6.45, 7) is 3.72. The van der Waals surface area contributed by atoms with Crippen LogP contribution in [-0.2, 0) is 0 Å². The molecule has 1 N–H and O–H groups in total. The van der Waals surface area contributed by atoms with Crippen molar-refractivity contribution < 1.29 is 9.53 Å². The third-order valence-corrected chi connectivity index (χ3v) is 4.19. The summed E-state index contributed by atoms with van der Waals surface area (Å²) in [6, 6.07) is 6.82. The zero-order chi connectivity index (χ0) is 17.1. The molecule has 6 nitrogen and oxygen atoms in total. The Hall–Kier alpha value is -2.34. The number of amides is 1.